The van der Waals surface area contributed by atoms with Gasteiger partial charge in [0.15, 0.2) is 0 Å². The first-order chi connectivity index (χ1) is 17.2. The van der Waals surface area contributed by atoms with Gasteiger partial charge < -0.3 is 14.8 Å². The number of halogens is 1. The van der Waals surface area contributed by atoms with Gasteiger partial charge in [-0.1, -0.05) is 132 Å². The van der Waals surface area contributed by atoms with Crippen molar-refractivity contribution < 1.29 is 19.1 Å². The van der Waals surface area contributed by atoms with Crippen LogP contribution in [-0.2, 0) is 19.1 Å². The molecule has 0 aliphatic heterocycles. The van der Waals surface area contributed by atoms with Crippen molar-refractivity contribution in [3.05, 3.63) is 12.2 Å². The molecule has 0 bridgehead atoms. The van der Waals surface area contributed by atoms with Gasteiger partial charge in [-0.15, -0.1) is 0 Å². The molecule has 0 radical (unpaired) electrons. The molecule has 1 N–H and O–H groups in total. The monoisotopic (exact) mass is 559 g/mol. The van der Waals surface area contributed by atoms with Crippen molar-refractivity contribution >= 4 is 28.4 Å². The maximum Gasteiger partial charge on any atom is 0.309 e. The van der Waals surface area contributed by atoms with Gasteiger partial charge in [0, 0.05) is 23.9 Å². The second-order valence-corrected chi connectivity index (χ2v) is 10.5. The Bertz CT molecular complexity index is 501. The van der Waals surface area contributed by atoms with Crippen molar-refractivity contribution in [3.63, 3.8) is 0 Å². The summed E-state index contributed by atoms with van der Waals surface area (Å²) < 4.78 is 10.2. The van der Waals surface area contributed by atoms with Crippen LogP contribution in [0.1, 0.15) is 135 Å². The Morgan fingerprint density at radius 3 is 1.77 bits per heavy atom. The average molecular weight is 561 g/mol. The van der Waals surface area contributed by atoms with Crippen LogP contribution in [0.15, 0.2) is 12.2 Å². The number of hydrogen-bond acceptors (Lipinski definition) is 5. The third-order valence-electron chi connectivity index (χ3n) is 6.32. The largest absolute Gasteiger partial charge is 0.423 e. The molecule has 6 heteroatoms. The second-order valence-electron chi connectivity index (χ2n) is 9.69. The molecule has 206 valence electrons. The van der Waals surface area contributed by atoms with Crippen molar-refractivity contribution in [2.75, 3.05) is 18.4 Å². The maximum atomic E-state index is 11.9. The number of rotatable bonds is 28. The van der Waals surface area contributed by atoms with Gasteiger partial charge in [-0.3, -0.25) is 9.59 Å². The summed E-state index contributed by atoms with van der Waals surface area (Å²) in [6, 6.07) is 0. The zero-order valence-corrected chi connectivity index (χ0v) is 24.2. The molecule has 0 rings (SSSR count). The van der Waals surface area contributed by atoms with Gasteiger partial charge >= 0.3 is 5.97 Å². The number of ether oxygens (including phenoxy) is 2. The average Bonchev–Trinajstić information content (AvgIpc) is 2.85. The van der Waals surface area contributed by atoms with Gasteiger partial charge in [-0.2, -0.15) is 0 Å². The predicted octanol–water partition coefficient (Wildman–Crippen LogP) is 8.39. The molecule has 0 spiro atoms. The van der Waals surface area contributed by atoms with Crippen LogP contribution in [0.2, 0.25) is 0 Å². The van der Waals surface area contributed by atoms with E-state index in [-0.39, 0.29) is 5.97 Å². The number of nitrogens with one attached hydrogen (secondary N) is 1. The Balaban J connectivity index is 3.55. The third-order valence-corrected chi connectivity index (χ3v) is 6.89. The maximum absolute atomic E-state index is 11.9. The molecule has 0 fully saturated rings. The van der Waals surface area contributed by atoms with Crippen LogP contribution in [0, 0.1) is 0 Å². The Labute approximate surface area is 224 Å². The van der Waals surface area contributed by atoms with Gasteiger partial charge in [0.2, 0.25) is 0 Å². The lowest BCUT2D eigenvalue weighted by Gasteiger charge is -2.18. The molecule has 0 saturated heterocycles. The summed E-state index contributed by atoms with van der Waals surface area (Å²) >= 11 is 3.37. The quantitative estimate of drug-likeness (QED) is 0.0260. The zero-order valence-electron chi connectivity index (χ0n) is 22.6. The van der Waals surface area contributed by atoms with Crippen LogP contribution in [0.3, 0.4) is 0 Å². The number of unbranched alkanes of at least 4 members (excludes halogenated alkanes) is 17. The van der Waals surface area contributed by atoms with Gasteiger partial charge in [0.25, 0.3) is 12.8 Å². The van der Waals surface area contributed by atoms with Crippen molar-refractivity contribution in [2.45, 2.75) is 142 Å². The standard InChI is InChI=1S/C29H54BrNO4/c1-3-4-5-6-7-8-9-10-11-12-13-14-15-16-17-21-24-31-25-27(2)29(34-26-32)35-28(33)22-19-18-20-23-30/h26,29,31H,2-25H2,1H3. The van der Waals surface area contributed by atoms with E-state index in [1.807, 2.05) is 0 Å². The first-order valence-corrected chi connectivity index (χ1v) is 15.5. The number of carbonyl (C=O) groups excluding carboxylic acids is 2. The number of hydrogen-bond donors (Lipinski definition) is 1. The van der Waals surface area contributed by atoms with E-state index in [1.54, 1.807) is 0 Å². The summed E-state index contributed by atoms with van der Waals surface area (Å²) in [6.07, 6.45) is 23.8. The molecule has 0 aromatic heterocycles. The second kappa shape index (κ2) is 27.7. The molecular weight excluding hydrogens is 506 g/mol. The van der Waals surface area contributed by atoms with Crippen LogP contribution >= 0.6 is 15.9 Å². The lowest BCUT2D eigenvalue weighted by atomic mass is 10.0. The Morgan fingerprint density at radius 2 is 1.29 bits per heavy atom. The van der Waals surface area contributed by atoms with Crippen molar-refractivity contribution in [2.24, 2.45) is 0 Å². The topological polar surface area (TPSA) is 64.6 Å². The highest BCUT2D eigenvalue weighted by atomic mass is 79.9. The minimum atomic E-state index is -1.01. The summed E-state index contributed by atoms with van der Waals surface area (Å²) in [5.41, 5.74) is 0.558. The van der Waals surface area contributed by atoms with Crippen LogP contribution in [-0.4, -0.2) is 37.2 Å². The van der Waals surface area contributed by atoms with E-state index >= 15 is 0 Å². The fraction of sp³-hybridized carbons (Fsp3) is 0.862. The summed E-state index contributed by atoms with van der Waals surface area (Å²) in [5, 5.41) is 4.25. The SMILES string of the molecule is C=C(CNCCCCCCCCCCCCCCCCCC)C(OC=O)OC(=O)CCCCCBr. The first kappa shape index (κ1) is 34.1. The molecule has 0 heterocycles. The summed E-state index contributed by atoms with van der Waals surface area (Å²) in [6.45, 7) is 7.85. The third kappa shape index (κ3) is 24.6. The summed E-state index contributed by atoms with van der Waals surface area (Å²) in [7, 11) is 0. The molecule has 1 atom stereocenters. The highest BCUT2D eigenvalue weighted by Crippen LogP contribution is 2.14. The minimum Gasteiger partial charge on any atom is -0.423 e. The Kier molecular flexibility index (Phi) is 27.0. The Hall–Kier alpha value is -0.880. The molecular formula is C29H54BrNO4. The molecule has 1 unspecified atom stereocenters. The van der Waals surface area contributed by atoms with Crippen LogP contribution in [0.4, 0.5) is 0 Å². The van der Waals surface area contributed by atoms with Crippen LogP contribution in [0.25, 0.3) is 0 Å². The predicted molar refractivity (Wildman–Crippen MR) is 151 cm³/mol. The molecule has 35 heavy (non-hydrogen) atoms. The fourth-order valence-electron chi connectivity index (χ4n) is 4.11. The van der Waals surface area contributed by atoms with Crippen LogP contribution in [0.5, 0.6) is 0 Å². The summed E-state index contributed by atoms with van der Waals surface area (Å²) in [5.74, 6) is -0.356. The van der Waals surface area contributed by atoms with Crippen molar-refractivity contribution in [3.8, 4) is 0 Å². The van der Waals surface area contributed by atoms with E-state index in [9.17, 15) is 9.59 Å². The smallest absolute Gasteiger partial charge is 0.309 e. The normalized spacial score (nSPS) is 11.8. The van der Waals surface area contributed by atoms with Crippen LogP contribution < -0.4 is 5.32 Å². The number of esters is 1. The van der Waals surface area contributed by atoms with E-state index in [0.717, 1.165) is 37.6 Å². The molecule has 0 aromatic rings. The molecule has 0 amide bonds. The van der Waals surface area contributed by atoms with E-state index < -0.39 is 6.29 Å². The lowest BCUT2D eigenvalue weighted by Crippen LogP contribution is -2.29. The van der Waals surface area contributed by atoms with E-state index in [1.165, 1.54) is 96.3 Å². The van der Waals surface area contributed by atoms with Gasteiger partial charge in [-0.05, 0) is 25.8 Å². The van der Waals surface area contributed by atoms with Gasteiger partial charge in [0.05, 0.1) is 0 Å². The highest BCUT2D eigenvalue weighted by molar-refractivity contribution is 9.09. The van der Waals surface area contributed by atoms with Gasteiger partial charge in [-0.25, -0.2) is 0 Å². The highest BCUT2D eigenvalue weighted by Gasteiger charge is 2.18. The molecule has 0 aliphatic carbocycles. The number of alkyl halides is 1. The Morgan fingerprint density at radius 1 is 0.800 bits per heavy atom. The molecule has 5 nitrogen and oxygen atoms in total. The van der Waals surface area contributed by atoms with E-state index in [2.05, 4.69) is 34.7 Å². The lowest BCUT2D eigenvalue weighted by molar-refractivity contribution is -0.173. The number of carbonyl (C=O) groups is 2. The van der Waals surface area contributed by atoms with Crippen molar-refractivity contribution in [1.29, 1.82) is 0 Å². The van der Waals surface area contributed by atoms with E-state index in [0.29, 0.717) is 25.0 Å². The molecule has 0 saturated carbocycles. The summed E-state index contributed by atoms with van der Waals surface area (Å²) in [4.78, 5) is 22.7. The zero-order chi connectivity index (χ0) is 25.8. The molecule has 0 aliphatic rings. The molecule has 0 aromatic carbocycles. The first-order valence-electron chi connectivity index (χ1n) is 14.4. The van der Waals surface area contributed by atoms with Crippen molar-refractivity contribution in [1.82, 2.24) is 5.32 Å². The van der Waals surface area contributed by atoms with E-state index in [4.69, 9.17) is 9.47 Å². The van der Waals surface area contributed by atoms with Gasteiger partial charge in [0.1, 0.15) is 0 Å². The minimum absolute atomic E-state index is 0.309. The fourth-order valence-corrected chi connectivity index (χ4v) is 4.50.